The number of para-hydroxylation sites is 1. The molecule has 0 aromatic heterocycles. The Balaban J connectivity index is 1.91. The molecule has 3 aromatic rings. The highest BCUT2D eigenvalue weighted by Gasteiger charge is 2.48. The molecule has 1 fully saturated rings. The summed E-state index contributed by atoms with van der Waals surface area (Å²) in [5.74, 6) is -2.54. The van der Waals surface area contributed by atoms with Gasteiger partial charge in [0.25, 0.3) is 17.4 Å². The van der Waals surface area contributed by atoms with Crippen LogP contribution in [0.4, 0.5) is 11.4 Å². The molecule has 1 saturated heterocycles. The summed E-state index contributed by atoms with van der Waals surface area (Å²) in [4.78, 5) is 50.9. The highest BCUT2D eigenvalue weighted by atomic mass is 16.6. The van der Waals surface area contributed by atoms with Crippen LogP contribution in [0.25, 0.3) is 5.76 Å². The third-order valence-corrected chi connectivity index (χ3v) is 5.89. The lowest BCUT2D eigenvalue weighted by molar-refractivity contribution is -0.385. The number of ether oxygens (including phenoxy) is 2. The van der Waals surface area contributed by atoms with Crippen LogP contribution in [0.5, 0.6) is 5.75 Å². The fourth-order valence-electron chi connectivity index (χ4n) is 4.16. The van der Waals surface area contributed by atoms with Crippen LogP contribution in [0.3, 0.4) is 0 Å². The Bertz CT molecular complexity index is 1410. The van der Waals surface area contributed by atoms with Crippen molar-refractivity contribution in [3.8, 4) is 5.75 Å². The van der Waals surface area contributed by atoms with Crippen LogP contribution in [0.2, 0.25) is 0 Å². The number of amides is 1. The predicted octanol–water partition coefficient (Wildman–Crippen LogP) is 4.41. The Labute approximate surface area is 211 Å². The van der Waals surface area contributed by atoms with Crippen LogP contribution < -0.4 is 9.64 Å². The third-order valence-electron chi connectivity index (χ3n) is 5.89. The van der Waals surface area contributed by atoms with Gasteiger partial charge in [-0.2, -0.15) is 0 Å². The number of anilines is 1. The summed E-state index contributed by atoms with van der Waals surface area (Å²) in [5, 5.41) is 23.0. The highest BCUT2D eigenvalue weighted by molar-refractivity contribution is 6.51. The largest absolute Gasteiger partial charge is 0.507 e. The first kappa shape index (κ1) is 25.1. The van der Waals surface area contributed by atoms with Gasteiger partial charge >= 0.3 is 5.97 Å². The normalized spacial score (nSPS) is 16.5. The number of Topliss-reactive ketones (excluding diaryl/α,β-unsaturated/α-hetero) is 1. The van der Waals surface area contributed by atoms with E-state index in [4.69, 9.17) is 9.47 Å². The number of esters is 1. The number of benzene rings is 3. The van der Waals surface area contributed by atoms with Gasteiger partial charge in [0, 0.05) is 17.3 Å². The Morgan fingerprint density at radius 3 is 2.22 bits per heavy atom. The molecule has 4 rings (SSSR count). The van der Waals surface area contributed by atoms with Crippen molar-refractivity contribution in [3.63, 3.8) is 0 Å². The quantitative estimate of drug-likeness (QED) is 0.125. The lowest BCUT2D eigenvalue weighted by Gasteiger charge is -2.25. The molecule has 1 heterocycles. The number of nitro benzene ring substituents is 1. The van der Waals surface area contributed by atoms with Crippen LogP contribution in [0, 0.1) is 10.1 Å². The van der Waals surface area contributed by atoms with Crippen molar-refractivity contribution in [1.82, 2.24) is 0 Å². The first-order valence-corrected chi connectivity index (χ1v) is 11.2. The average molecular weight is 502 g/mol. The van der Waals surface area contributed by atoms with Gasteiger partial charge in [-0.1, -0.05) is 12.1 Å². The van der Waals surface area contributed by atoms with Gasteiger partial charge in [-0.3, -0.25) is 24.6 Å². The molecule has 1 unspecified atom stereocenters. The summed E-state index contributed by atoms with van der Waals surface area (Å²) in [5.41, 5.74) is 0.0492. The minimum absolute atomic E-state index is 0.0382. The summed E-state index contributed by atoms with van der Waals surface area (Å²) < 4.78 is 10.1. The van der Waals surface area contributed by atoms with Crippen LogP contribution in [0.1, 0.15) is 34.5 Å². The number of aliphatic hydroxyl groups excluding tert-OH is 1. The lowest BCUT2D eigenvalue weighted by Crippen LogP contribution is -2.29. The van der Waals surface area contributed by atoms with Crippen LogP contribution in [-0.2, 0) is 14.3 Å². The molecule has 3 aromatic carbocycles. The molecule has 0 saturated carbocycles. The van der Waals surface area contributed by atoms with E-state index in [2.05, 4.69) is 0 Å². The van der Waals surface area contributed by atoms with E-state index in [9.17, 15) is 29.6 Å². The minimum atomic E-state index is -1.31. The number of nitro groups is 1. The second-order valence-electron chi connectivity index (χ2n) is 7.98. The van der Waals surface area contributed by atoms with E-state index >= 15 is 0 Å². The molecule has 1 aliphatic heterocycles. The number of carbonyl (C=O) groups is 3. The molecule has 0 bridgehead atoms. The molecule has 1 amide bonds. The van der Waals surface area contributed by atoms with Gasteiger partial charge in [0.15, 0.2) is 0 Å². The zero-order valence-electron chi connectivity index (χ0n) is 19.9. The van der Waals surface area contributed by atoms with Crippen molar-refractivity contribution in [2.45, 2.75) is 13.0 Å². The van der Waals surface area contributed by atoms with E-state index in [1.54, 1.807) is 25.1 Å². The van der Waals surface area contributed by atoms with E-state index < -0.39 is 34.4 Å². The van der Waals surface area contributed by atoms with Gasteiger partial charge in [0.2, 0.25) is 0 Å². The van der Waals surface area contributed by atoms with Crippen LogP contribution in [-0.4, -0.2) is 41.4 Å². The summed E-state index contributed by atoms with van der Waals surface area (Å²) in [7, 11) is 1.47. The second-order valence-corrected chi connectivity index (χ2v) is 7.98. The number of nitrogens with zero attached hydrogens (tertiary/aromatic N) is 2. The standard InChI is InChI=1S/C27H22N2O8/c1-3-37-27(33)17-8-12-18(13-9-17)28-23(20-6-4-5-7-21(20)29(34)35)22(25(31)26(28)32)24(30)16-10-14-19(36-2)15-11-16/h4-15,23,30H,3H2,1-2H3/b24-22-. The van der Waals surface area contributed by atoms with Crippen molar-refractivity contribution in [2.75, 3.05) is 18.6 Å². The second kappa shape index (κ2) is 10.3. The number of carbonyl (C=O) groups excluding carboxylic acids is 3. The SMILES string of the molecule is CCOC(=O)c1ccc(N2C(=O)C(=O)/C(=C(\O)c3ccc(OC)cc3)C2c2ccccc2[N+](=O)[O-])cc1. The molecule has 0 aliphatic carbocycles. The van der Waals surface area contributed by atoms with Crippen LogP contribution >= 0.6 is 0 Å². The molecular formula is C27H22N2O8. The summed E-state index contributed by atoms with van der Waals surface area (Å²) >= 11 is 0. The summed E-state index contributed by atoms with van der Waals surface area (Å²) in [6, 6.07) is 16.3. The fraction of sp³-hybridized carbons (Fsp3) is 0.148. The number of hydrogen-bond donors (Lipinski definition) is 1. The van der Waals surface area contributed by atoms with Crippen molar-refractivity contribution < 1.29 is 33.9 Å². The van der Waals surface area contributed by atoms with Gasteiger partial charge in [-0.25, -0.2) is 4.79 Å². The first-order valence-electron chi connectivity index (χ1n) is 11.2. The van der Waals surface area contributed by atoms with Crippen LogP contribution in [0.15, 0.2) is 78.4 Å². The summed E-state index contributed by atoms with van der Waals surface area (Å²) in [6.45, 7) is 1.85. The number of ketones is 1. The maximum Gasteiger partial charge on any atom is 0.338 e. The average Bonchev–Trinajstić information content (AvgIpc) is 3.18. The van der Waals surface area contributed by atoms with E-state index in [1.165, 1.54) is 61.7 Å². The van der Waals surface area contributed by atoms with E-state index in [1.807, 2.05) is 0 Å². The molecule has 1 atom stereocenters. The zero-order valence-corrected chi connectivity index (χ0v) is 19.9. The van der Waals surface area contributed by atoms with Gasteiger partial charge in [0.05, 0.1) is 35.3 Å². The third kappa shape index (κ3) is 4.64. The Morgan fingerprint density at radius 2 is 1.62 bits per heavy atom. The Kier molecular flexibility index (Phi) is 7.01. The molecule has 1 N–H and O–H groups in total. The van der Waals surface area contributed by atoms with E-state index in [0.717, 1.165) is 4.90 Å². The molecule has 10 heteroatoms. The topological polar surface area (TPSA) is 136 Å². The molecule has 0 radical (unpaired) electrons. The molecule has 1 aliphatic rings. The monoisotopic (exact) mass is 502 g/mol. The lowest BCUT2D eigenvalue weighted by atomic mass is 9.94. The van der Waals surface area contributed by atoms with Gasteiger partial charge in [0.1, 0.15) is 17.6 Å². The highest BCUT2D eigenvalue weighted by Crippen LogP contribution is 2.44. The number of hydrogen-bond acceptors (Lipinski definition) is 8. The molecule has 188 valence electrons. The summed E-state index contributed by atoms with van der Waals surface area (Å²) in [6.07, 6.45) is 0. The number of rotatable bonds is 7. The predicted molar refractivity (Wildman–Crippen MR) is 133 cm³/mol. The smallest absolute Gasteiger partial charge is 0.338 e. The minimum Gasteiger partial charge on any atom is -0.507 e. The Morgan fingerprint density at radius 1 is 1.00 bits per heavy atom. The van der Waals surface area contributed by atoms with E-state index in [0.29, 0.717) is 5.75 Å². The molecule has 0 spiro atoms. The fourth-order valence-corrected chi connectivity index (χ4v) is 4.16. The molecule has 37 heavy (non-hydrogen) atoms. The van der Waals surface area contributed by atoms with Gasteiger partial charge in [-0.15, -0.1) is 0 Å². The first-order chi connectivity index (χ1) is 17.8. The van der Waals surface area contributed by atoms with Crippen molar-refractivity contribution in [2.24, 2.45) is 0 Å². The molecule has 10 nitrogen and oxygen atoms in total. The number of methoxy groups -OCH3 is 1. The van der Waals surface area contributed by atoms with E-state index in [-0.39, 0.29) is 40.2 Å². The Hall–Kier alpha value is -4.99. The molecular weight excluding hydrogens is 480 g/mol. The zero-order chi connectivity index (χ0) is 26.7. The van der Waals surface area contributed by atoms with Crippen molar-refractivity contribution in [3.05, 3.63) is 105 Å². The van der Waals surface area contributed by atoms with Crippen molar-refractivity contribution >= 4 is 34.8 Å². The maximum absolute atomic E-state index is 13.3. The van der Waals surface area contributed by atoms with Gasteiger partial charge in [-0.05, 0) is 61.5 Å². The maximum atomic E-state index is 13.3. The van der Waals surface area contributed by atoms with Gasteiger partial charge < -0.3 is 14.6 Å². The number of aliphatic hydroxyl groups is 1. The van der Waals surface area contributed by atoms with Crippen molar-refractivity contribution in [1.29, 1.82) is 0 Å².